The highest BCUT2D eigenvalue weighted by molar-refractivity contribution is 6.31. The number of rotatable bonds is 5. The molecule has 106 valence electrons. The summed E-state index contributed by atoms with van der Waals surface area (Å²) in [7, 11) is 0. The van der Waals surface area contributed by atoms with Gasteiger partial charge in [0.25, 0.3) is 0 Å². The maximum absolute atomic E-state index is 12.0. The van der Waals surface area contributed by atoms with Gasteiger partial charge in [0, 0.05) is 11.6 Å². The highest BCUT2D eigenvalue weighted by Crippen LogP contribution is 2.39. The lowest BCUT2D eigenvalue weighted by molar-refractivity contribution is -0.122. The van der Waals surface area contributed by atoms with Crippen LogP contribution in [0.15, 0.2) is 24.3 Å². The first-order valence-electron chi connectivity index (χ1n) is 6.29. The molecule has 1 aliphatic carbocycles. The average Bonchev–Trinajstić information content (AvgIpc) is 3.16. The molecule has 1 aromatic rings. The van der Waals surface area contributed by atoms with Crippen LogP contribution >= 0.6 is 24.0 Å². The molecule has 1 unspecified atom stereocenters. The maximum Gasteiger partial charge on any atom is 0.224 e. The van der Waals surface area contributed by atoms with Crippen LogP contribution < -0.4 is 11.1 Å². The number of nitrogens with one attached hydrogen (secondary N) is 1. The van der Waals surface area contributed by atoms with Gasteiger partial charge in [-0.25, -0.2) is 0 Å². The fraction of sp³-hybridized carbons (Fsp3) is 0.500. The third kappa shape index (κ3) is 4.10. The van der Waals surface area contributed by atoms with E-state index in [4.69, 9.17) is 17.3 Å². The Kier molecular flexibility index (Phi) is 5.65. The van der Waals surface area contributed by atoms with Gasteiger partial charge < -0.3 is 11.1 Å². The molecule has 0 aliphatic heterocycles. The number of carbonyl (C=O) groups is 1. The molecule has 0 aromatic heterocycles. The van der Waals surface area contributed by atoms with Crippen LogP contribution in [-0.2, 0) is 11.2 Å². The lowest BCUT2D eigenvalue weighted by Gasteiger charge is -2.29. The Bertz CT molecular complexity index is 449. The summed E-state index contributed by atoms with van der Waals surface area (Å²) in [4.78, 5) is 12.0. The zero-order valence-electron chi connectivity index (χ0n) is 11.0. The maximum atomic E-state index is 12.0. The highest BCUT2D eigenvalue weighted by Gasteiger charge is 2.41. The number of benzene rings is 1. The minimum Gasteiger partial charge on any atom is -0.349 e. The van der Waals surface area contributed by atoms with Crippen molar-refractivity contribution in [2.45, 2.75) is 31.7 Å². The van der Waals surface area contributed by atoms with Gasteiger partial charge in [-0.3, -0.25) is 4.79 Å². The molecule has 0 radical (unpaired) electrons. The first kappa shape index (κ1) is 16.3. The van der Waals surface area contributed by atoms with E-state index in [9.17, 15) is 4.79 Å². The summed E-state index contributed by atoms with van der Waals surface area (Å²) in [5.41, 5.74) is 6.37. The van der Waals surface area contributed by atoms with Crippen molar-refractivity contribution in [3.05, 3.63) is 34.9 Å². The van der Waals surface area contributed by atoms with Crippen molar-refractivity contribution < 1.29 is 4.79 Å². The summed E-state index contributed by atoms with van der Waals surface area (Å²) in [5.74, 6) is 0.514. The fourth-order valence-electron chi connectivity index (χ4n) is 2.22. The first-order chi connectivity index (χ1) is 8.55. The van der Waals surface area contributed by atoms with E-state index in [1.165, 1.54) is 0 Å². The molecule has 5 heteroatoms. The van der Waals surface area contributed by atoms with Crippen molar-refractivity contribution in [3.63, 3.8) is 0 Å². The number of hydrogen-bond acceptors (Lipinski definition) is 2. The summed E-state index contributed by atoms with van der Waals surface area (Å²) < 4.78 is 0. The zero-order valence-corrected chi connectivity index (χ0v) is 12.6. The second-order valence-corrected chi connectivity index (χ2v) is 5.62. The monoisotopic (exact) mass is 302 g/mol. The molecule has 0 saturated heterocycles. The second kappa shape index (κ2) is 6.60. The van der Waals surface area contributed by atoms with Gasteiger partial charge in [-0.05, 0) is 37.3 Å². The van der Waals surface area contributed by atoms with E-state index in [0.29, 0.717) is 23.9 Å². The van der Waals surface area contributed by atoms with E-state index in [-0.39, 0.29) is 23.9 Å². The third-order valence-corrected chi connectivity index (χ3v) is 4.00. The van der Waals surface area contributed by atoms with E-state index >= 15 is 0 Å². The molecule has 0 spiro atoms. The van der Waals surface area contributed by atoms with Crippen LogP contribution in [0.4, 0.5) is 0 Å². The molecule has 1 atom stereocenters. The predicted molar refractivity (Wildman–Crippen MR) is 80.7 cm³/mol. The lowest BCUT2D eigenvalue weighted by atomic mass is 9.95. The summed E-state index contributed by atoms with van der Waals surface area (Å²) in [6.45, 7) is 2.50. The van der Waals surface area contributed by atoms with E-state index in [1.807, 2.05) is 25.1 Å². The molecule has 19 heavy (non-hydrogen) atoms. The van der Waals surface area contributed by atoms with Gasteiger partial charge in [-0.15, -0.1) is 12.4 Å². The predicted octanol–water partition coefficient (Wildman–Crippen LogP) is 2.55. The van der Waals surface area contributed by atoms with Gasteiger partial charge in [0.2, 0.25) is 5.91 Å². The Balaban J connectivity index is 0.00000180. The van der Waals surface area contributed by atoms with Crippen molar-refractivity contribution in [1.29, 1.82) is 0 Å². The minimum absolute atomic E-state index is 0. The van der Waals surface area contributed by atoms with Crippen LogP contribution in [-0.4, -0.2) is 18.0 Å². The van der Waals surface area contributed by atoms with E-state index < -0.39 is 0 Å². The smallest absolute Gasteiger partial charge is 0.224 e. The SMILES string of the molecule is CC(CN)(NC(=O)Cc1ccccc1Cl)C1CC1.Cl. The largest absolute Gasteiger partial charge is 0.349 e. The van der Waals surface area contributed by atoms with Crippen molar-refractivity contribution >= 4 is 29.9 Å². The van der Waals surface area contributed by atoms with Gasteiger partial charge in [0.1, 0.15) is 0 Å². The summed E-state index contributed by atoms with van der Waals surface area (Å²) in [6.07, 6.45) is 2.61. The number of nitrogens with two attached hydrogens (primary N) is 1. The van der Waals surface area contributed by atoms with E-state index in [2.05, 4.69) is 5.32 Å². The van der Waals surface area contributed by atoms with Crippen LogP contribution in [0.2, 0.25) is 5.02 Å². The van der Waals surface area contributed by atoms with Gasteiger partial charge in [-0.2, -0.15) is 0 Å². The number of halogens is 2. The number of hydrogen-bond donors (Lipinski definition) is 2. The molecule has 3 N–H and O–H groups in total. The van der Waals surface area contributed by atoms with Crippen molar-refractivity contribution in [2.75, 3.05) is 6.54 Å². The molecule has 1 aliphatic rings. The summed E-state index contributed by atoms with van der Waals surface area (Å²) in [5, 5.41) is 3.69. The van der Waals surface area contributed by atoms with Crippen LogP contribution in [0, 0.1) is 5.92 Å². The molecule has 1 aromatic carbocycles. The van der Waals surface area contributed by atoms with Crippen molar-refractivity contribution in [1.82, 2.24) is 5.32 Å². The van der Waals surface area contributed by atoms with Crippen molar-refractivity contribution in [2.24, 2.45) is 11.7 Å². The third-order valence-electron chi connectivity index (χ3n) is 3.64. The molecule has 2 rings (SSSR count). The molecule has 3 nitrogen and oxygen atoms in total. The Morgan fingerprint density at radius 3 is 2.63 bits per heavy atom. The van der Waals surface area contributed by atoms with Crippen molar-refractivity contribution in [3.8, 4) is 0 Å². The average molecular weight is 303 g/mol. The Morgan fingerprint density at radius 2 is 2.11 bits per heavy atom. The quantitative estimate of drug-likeness (QED) is 0.878. The standard InChI is InChI=1S/C14H19ClN2O.ClH/c1-14(9-16,11-6-7-11)17-13(18)8-10-4-2-3-5-12(10)15;/h2-5,11H,6-9,16H2,1H3,(H,17,18);1H. The first-order valence-corrected chi connectivity index (χ1v) is 6.67. The normalized spacial score (nSPS) is 17.2. The van der Waals surface area contributed by atoms with Gasteiger partial charge in [0.15, 0.2) is 0 Å². The number of amides is 1. The Morgan fingerprint density at radius 1 is 1.47 bits per heavy atom. The van der Waals surface area contributed by atoms with Gasteiger partial charge >= 0.3 is 0 Å². The van der Waals surface area contributed by atoms with E-state index in [1.54, 1.807) is 6.07 Å². The van der Waals surface area contributed by atoms with Crippen LogP contribution in [0.1, 0.15) is 25.3 Å². The fourth-order valence-corrected chi connectivity index (χ4v) is 2.42. The summed E-state index contributed by atoms with van der Waals surface area (Å²) in [6, 6.07) is 7.42. The Hall–Kier alpha value is -0.770. The molecular formula is C14H20Cl2N2O. The van der Waals surface area contributed by atoms with E-state index in [0.717, 1.165) is 18.4 Å². The van der Waals surface area contributed by atoms with Gasteiger partial charge in [0.05, 0.1) is 12.0 Å². The molecule has 1 fully saturated rings. The highest BCUT2D eigenvalue weighted by atomic mass is 35.5. The van der Waals surface area contributed by atoms with Crippen LogP contribution in [0.5, 0.6) is 0 Å². The second-order valence-electron chi connectivity index (χ2n) is 5.21. The molecule has 0 bridgehead atoms. The molecule has 1 amide bonds. The van der Waals surface area contributed by atoms with Crippen LogP contribution in [0.3, 0.4) is 0 Å². The van der Waals surface area contributed by atoms with Gasteiger partial charge in [-0.1, -0.05) is 29.8 Å². The lowest BCUT2D eigenvalue weighted by Crippen LogP contribution is -2.53. The Labute approximate surface area is 125 Å². The molecule has 0 heterocycles. The number of carbonyl (C=O) groups excluding carboxylic acids is 1. The molecule has 1 saturated carbocycles. The minimum atomic E-state index is -0.266. The molecular weight excluding hydrogens is 283 g/mol. The zero-order chi connectivity index (χ0) is 13.2. The van der Waals surface area contributed by atoms with Crippen LogP contribution in [0.25, 0.3) is 0 Å². The summed E-state index contributed by atoms with van der Waals surface area (Å²) >= 11 is 6.04. The topological polar surface area (TPSA) is 55.1 Å².